The van der Waals surface area contributed by atoms with Crippen LogP contribution in [0.2, 0.25) is 0 Å². The molecule has 1 saturated carbocycles. The molecule has 1 aliphatic carbocycles. The van der Waals surface area contributed by atoms with Crippen molar-refractivity contribution in [2.24, 2.45) is 5.73 Å². The molecule has 21 heavy (non-hydrogen) atoms. The SMILES string of the molecule is CCc1nnc(C)cc1C(N)c1ccccc1C1CCC1. The van der Waals surface area contributed by atoms with E-state index < -0.39 is 0 Å². The Kier molecular flexibility index (Phi) is 4.02. The largest absolute Gasteiger partial charge is 0.320 e. The third kappa shape index (κ3) is 2.70. The lowest BCUT2D eigenvalue weighted by atomic mass is 9.76. The summed E-state index contributed by atoms with van der Waals surface area (Å²) in [6.45, 7) is 4.08. The topological polar surface area (TPSA) is 51.8 Å². The number of aryl methyl sites for hydroxylation is 2. The summed E-state index contributed by atoms with van der Waals surface area (Å²) < 4.78 is 0. The molecule has 3 rings (SSSR count). The van der Waals surface area contributed by atoms with E-state index in [4.69, 9.17) is 5.73 Å². The highest BCUT2D eigenvalue weighted by Crippen LogP contribution is 2.40. The molecule has 110 valence electrons. The van der Waals surface area contributed by atoms with Gasteiger partial charge in [-0.05, 0) is 54.9 Å². The van der Waals surface area contributed by atoms with E-state index in [1.807, 2.05) is 6.92 Å². The number of benzene rings is 1. The first kappa shape index (κ1) is 14.2. The average Bonchev–Trinajstić information content (AvgIpc) is 2.45. The molecular weight excluding hydrogens is 258 g/mol. The molecule has 1 aromatic carbocycles. The molecule has 1 heterocycles. The predicted octanol–water partition coefficient (Wildman–Crippen LogP) is 3.66. The van der Waals surface area contributed by atoms with Gasteiger partial charge >= 0.3 is 0 Å². The first-order valence-electron chi connectivity index (χ1n) is 7.88. The minimum atomic E-state index is -0.106. The van der Waals surface area contributed by atoms with Gasteiger partial charge in [-0.2, -0.15) is 10.2 Å². The minimum absolute atomic E-state index is 0.106. The highest BCUT2D eigenvalue weighted by molar-refractivity contribution is 5.41. The Morgan fingerprint density at radius 2 is 1.95 bits per heavy atom. The van der Waals surface area contributed by atoms with Crippen LogP contribution in [0, 0.1) is 6.92 Å². The molecule has 0 bridgehead atoms. The van der Waals surface area contributed by atoms with E-state index >= 15 is 0 Å². The summed E-state index contributed by atoms with van der Waals surface area (Å²) in [6, 6.07) is 10.6. The third-order valence-corrected chi connectivity index (χ3v) is 4.57. The normalized spacial score (nSPS) is 16.5. The van der Waals surface area contributed by atoms with Crippen LogP contribution in [0.25, 0.3) is 0 Å². The van der Waals surface area contributed by atoms with Crippen molar-refractivity contribution in [3.8, 4) is 0 Å². The van der Waals surface area contributed by atoms with E-state index in [-0.39, 0.29) is 6.04 Å². The van der Waals surface area contributed by atoms with Gasteiger partial charge in [0.1, 0.15) is 0 Å². The molecule has 1 aliphatic rings. The maximum atomic E-state index is 6.61. The maximum Gasteiger partial charge on any atom is 0.0679 e. The third-order valence-electron chi connectivity index (χ3n) is 4.57. The molecule has 1 unspecified atom stereocenters. The fourth-order valence-corrected chi connectivity index (χ4v) is 3.13. The van der Waals surface area contributed by atoms with Crippen LogP contribution >= 0.6 is 0 Å². The number of aromatic nitrogens is 2. The van der Waals surface area contributed by atoms with Crippen molar-refractivity contribution in [3.63, 3.8) is 0 Å². The van der Waals surface area contributed by atoms with Crippen molar-refractivity contribution in [1.29, 1.82) is 0 Å². The summed E-state index contributed by atoms with van der Waals surface area (Å²) in [7, 11) is 0. The smallest absolute Gasteiger partial charge is 0.0679 e. The number of hydrogen-bond donors (Lipinski definition) is 1. The van der Waals surface area contributed by atoms with Gasteiger partial charge in [-0.1, -0.05) is 37.6 Å². The van der Waals surface area contributed by atoms with Gasteiger partial charge in [-0.25, -0.2) is 0 Å². The average molecular weight is 281 g/mol. The second-order valence-corrected chi connectivity index (χ2v) is 5.98. The molecule has 2 N–H and O–H groups in total. The highest BCUT2D eigenvalue weighted by Gasteiger charge is 2.25. The van der Waals surface area contributed by atoms with E-state index in [2.05, 4.69) is 47.5 Å². The molecule has 2 aromatic rings. The van der Waals surface area contributed by atoms with Crippen molar-refractivity contribution >= 4 is 0 Å². The highest BCUT2D eigenvalue weighted by atomic mass is 15.1. The number of nitrogens with two attached hydrogens (primary N) is 1. The van der Waals surface area contributed by atoms with Crippen LogP contribution in [0.15, 0.2) is 30.3 Å². The van der Waals surface area contributed by atoms with Crippen molar-refractivity contribution in [3.05, 3.63) is 58.4 Å². The second-order valence-electron chi connectivity index (χ2n) is 5.98. The van der Waals surface area contributed by atoms with E-state index in [1.165, 1.54) is 30.4 Å². The fourth-order valence-electron chi connectivity index (χ4n) is 3.13. The minimum Gasteiger partial charge on any atom is -0.320 e. The first-order chi connectivity index (χ1) is 10.2. The van der Waals surface area contributed by atoms with Crippen LogP contribution < -0.4 is 5.73 Å². The number of rotatable bonds is 4. The molecule has 1 aromatic heterocycles. The lowest BCUT2D eigenvalue weighted by Crippen LogP contribution is -2.20. The molecule has 3 heteroatoms. The molecule has 0 spiro atoms. The van der Waals surface area contributed by atoms with Gasteiger partial charge in [0, 0.05) is 0 Å². The summed E-state index contributed by atoms with van der Waals surface area (Å²) in [6.07, 6.45) is 4.78. The molecule has 3 nitrogen and oxygen atoms in total. The number of nitrogens with zero attached hydrogens (tertiary/aromatic N) is 2. The van der Waals surface area contributed by atoms with Crippen molar-refractivity contribution in [1.82, 2.24) is 10.2 Å². The van der Waals surface area contributed by atoms with Crippen LogP contribution in [0.5, 0.6) is 0 Å². The molecule has 0 saturated heterocycles. The Balaban J connectivity index is 2.02. The van der Waals surface area contributed by atoms with Gasteiger partial charge in [0.2, 0.25) is 0 Å². The van der Waals surface area contributed by atoms with Gasteiger partial charge in [0.15, 0.2) is 0 Å². The molecule has 1 fully saturated rings. The number of hydrogen-bond acceptors (Lipinski definition) is 3. The monoisotopic (exact) mass is 281 g/mol. The van der Waals surface area contributed by atoms with Crippen LogP contribution in [0.1, 0.15) is 66.2 Å². The second kappa shape index (κ2) is 5.94. The van der Waals surface area contributed by atoms with Crippen molar-refractivity contribution < 1.29 is 0 Å². The Labute approximate surface area is 126 Å². The van der Waals surface area contributed by atoms with E-state index in [0.29, 0.717) is 5.92 Å². The molecule has 0 amide bonds. The lowest BCUT2D eigenvalue weighted by Gasteiger charge is -2.30. The zero-order valence-corrected chi connectivity index (χ0v) is 12.8. The van der Waals surface area contributed by atoms with Crippen molar-refractivity contribution in [2.45, 2.75) is 51.5 Å². The van der Waals surface area contributed by atoms with E-state index in [9.17, 15) is 0 Å². The van der Waals surface area contributed by atoms with Gasteiger partial charge in [-0.15, -0.1) is 0 Å². The first-order valence-corrected chi connectivity index (χ1v) is 7.88. The predicted molar refractivity (Wildman–Crippen MR) is 85.2 cm³/mol. The summed E-state index contributed by atoms with van der Waals surface area (Å²) in [5.41, 5.74) is 12.4. The Morgan fingerprint density at radius 1 is 1.19 bits per heavy atom. The molecule has 0 aliphatic heterocycles. The van der Waals surface area contributed by atoms with Gasteiger partial charge in [0.05, 0.1) is 17.4 Å². The van der Waals surface area contributed by atoms with Gasteiger partial charge in [0.25, 0.3) is 0 Å². The zero-order chi connectivity index (χ0) is 14.8. The van der Waals surface area contributed by atoms with Crippen LogP contribution in [-0.2, 0) is 6.42 Å². The summed E-state index contributed by atoms with van der Waals surface area (Å²) in [4.78, 5) is 0. The zero-order valence-electron chi connectivity index (χ0n) is 12.8. The van der Waals surface area contributed by atoms with Crippen molar-refractivity contribution in [2.75, 3.05) is 0 Å². The quantitative estimate of drug-likeness (QED) is 0.930. The summed E-state index contributed by atoms with van der Waals surface area (Å²) >= 11 is 0. The van der Waals surface area contributed by atoms with Gasteiger partial charge < -0.3 is 5.73 Å². The molecule has 1 atom stereocenters. The Morgan fingerprint density at radius 3 is 2.62 bits per heavy atom. The summed E-state index contributed by atoms with van der Waals surface area (Å²) in [5, 5.41) is 8.49. The Hall–Kier alpha value is -1.74. The van der Waals surface area contributed by atoms with E-state index in [1.54, 1.807) is 0 Å². The maximum absolute atomic E-state index is 6.61. The summed E-state index contributed by atoms with van der Waals surface area (Å²) in [5.74, 6) is 0.688. The Bertz CT molecular complexity index is 632. The lowest BCUT2D eigenvalue weighted by molar-refractivity contribution is 0.416. The standard InChI is InChI=1S/C18H23N3/c1-3-17-16(11-12(2)20-21-17)18(19)15-10-5-4-9-14(15)13-7-6-8-13/h4-5,9-11,13,18H,3,6-8,19H2,1-2H3. The van der Waals surface area contributed by atoms with Crippen LogP contribution in [-0.4, -0.2) is 10.2 Å². The molecular formula is C18H23N3. The van der Waals surface area contributed by atoms with Gasteiger partial charge in [-0.3, -0.25) is 0 Å². The van der Waals surface area contributed by atoms with Crippen LogP contribution in [0.4, 0.5) is 0 Å². The van der Waals surface area contributed by atoms with E-state index in [0.717, 1.165) is 23.4 Å². The fraction of sp³-hybridized carbons (Fsp3) is 0.444. The molecule has 0 radical (unpaired) electrons. The van der Waals surface area contributed by atoms with Crippen LogP contribution in [0.3, 0.4) is 0 Å².